The average molecular weight is 263 g/mol. The molecule has 2 N–H and O–H groups in total. The molecule has 102 valence electrons. The van der Waals surface area contributed by atoms with E-state index < -0.39 is 0 Å². The maximum atomic E-state index is 11.7. The first kappa shape index (κ1) is 13.5. The third kappa shape index (κ3) is 3.77. The molecule has 1 fully saturated rings. The summed E-state index contributed by atoms with van der Waals surface area (Å²) < 4.78 is 4.87. The van der Waals surface area contributed by atoms with E-state index in [2.05, 4.69) is 21.9 Å². The predicted molar refractivity (Wildman–Crippen MR) is 68.3 cm³/mol. The number of nitrogens with zero attached hydrogens (tertiary/aromatic N) is 3. The SMILES string of the molecule is Cc1cc(NC(=O)CCN2CCNCC2C#N)no1. The number of piperazine rings is 1. The highest BCUT2D eigenvalue weighted by atomic mass is 16.5. The lowest BCUT2D eigenvalue weighted by molar-refractivity contribution is -0.116. The Morgan fingerprint density at radius 3 is 3.32 bits per heavy atom. The van der Waals surface area contributed by atoms with Crippen LogP contribution in [-0.4, -0.2) is 48.2 Å². The van der Waals surface area contributed by atoms with Crippen LogP contribution in [-0.2, 0) is 4.79 Å². The molecule has 1 aromatic rings. The summed E-state index contributed by atoms with van der Waals surface area (Å²) in [6, 6.07) is 3.75. The van der Waals surface area contributed by atoms with Crippen molar-refractivity contribution >= 4 is 11.7 Å². The predicted octanol–water partition coefficient (Wildman–Crippen LogP) is 0.109. The van der Waals surface area contributed by atoms with Crippen LogP contribution in [0.3, 0.4) is 0 Å². The van der Waals surface area contributed by atoms with E-state index >= 15 is 0 Å². The highest BCUT2D eigenvalue weighted by molar-refractivity contribution is 5.89. The second-order valence-corrected chi connectivity index (χ2v) is 4.51. The summed E-state index contributed by atoms with van der Waals surface area (Å²) in [4.78, 5) is 13.8. The fourth-order valence-corrected chi connectivity index (χ4v) is 2.02. The lowest BCUT2D eigenvalue weighted by Gasteiger charge is -2.31. The number of hydrogen-bond donors (Lipinski definition) is 2. The Morgan fingerprint density at radius 1 is 1.79 bits per heavy atom. The van der Waals surface area contributed by atoms with Gasteiger partial charge in [0.1, 0.15) is 11.8 Å². The second kappa shape index (κ2) is 6.31. The van der Waals surface area contributed by atoms with E-state index in [1.54, 1.807) is 13.0 Å². The molecule has 2 heterocycles. The summed E-state index contributed by atoms with van der Waals surface area (Å²) in [6.07, 6.45) is 0.337. The highest BCUT2D eigenvalue weighted by Crippen LogP contribution is 2.08. The number of carbonyl (C=O) groups excluding carboxylic acids is 1. The van der Waals surface area contributed by atoms with Gasteiger partial charge in [0, 0.05) is 38.7 Å². The van der Waals surface area contributed by atoms with Crippen LogP contribution < -0.4 is 10.6 Å². The van der Waals surface area contributed by atoms with Gasteiger partial charge >= 0.3 is 0 Å². The smallest absolute Gasteiger partial charge is 0.226 e. The number of nitrogens with one attached hydrogen (secondary N) is 2. The molecule has 0 bridgehead atoms. The average Bonchev–Trinajstić information content (AvgIpc) is 2.82. The zero-order valence-corrected chi connectivity index (χ0v) is 10.8. The van der Waals surface area contributed by atoms with Crippen LogP contribution in [0.2, 0.25) is 0 Å². The Hall–Kier alpha value is -1.91. The number of nitriles is 1. The van der Waals surface area contributed by atoms with Crippen LogP contribution >= 0.6 is 0 Å². The zero-order valence-electron chi connectivity index (χ0n) is 10.8. The van der Waals surface area contributed by atoms with Crippen molar-refractivity contribution in [2.24, 2.45) is 0 Å². The van der Waals surface area contributed by atoms with Crippen LogP contribution in [0.25, 0.3) is 0 Å². The molecule has 2 rings (SSSR count). The van der Waals surface area contributed by atoms with Crippen molar-refractivity contribution in [2.75, 3.05) is 31.5 Å². The quantitative estimate of drug-likeness (QED) is 0.800. The van der Waals surface area contributed by atoms with Crippen molar-refractivity contribution < 1.29 is 9.32 Å². The highest BCUT2D eigenvalue weighted by Gasteiger charge is 2.22. The van der Waals surface area contributed by atoms with Gasteiger partial charge in [-0.2, -0.15) is 5.26 Å². The Bertz CT molecular complexity index is 479. The third-order valence-electron chi connectivity index (χ3n) is 3.02. The number of carbonyl (C=O) groups is 1. The van der Waals surface area contributed by atoms with Gasteiger partial charge in [0.15, 0.2) is 5.82 Å². The van der Waals surface area contributed by atoms with E-state index in [-0.39, 0.29) is 11.9 Å². The van der Waals surface area contributed by atoms with Crippen molar-refractivity contribution in [1.29, 1.82) is 5.26 Å². The number of aromatic nitrogens is 1. The number of rotatable bonds is 4. The van der Waals surface area contributed by atoms with Crippen molar-refractivity contribution in [3.8, 4) is 6.07 Å². The molecule has 0 aliphatic carbocycles. The molecule has 0 radical (unpaired) electrons. The van der Waals surface area contributed by atoms with Gasteiger partial charge in [-0.05, 0) is 6.92 Å². The van der Waals surface area contributed by atoms with Gasteiger partial charge in [-0.3, -0.25) is 9.69 Å². The van der Waals surface area contributed by atoms with Gasteiger partial charge in [-0.1, -0.05) is 5.16 Å². The van der Waals surface area contributed by atoms with E-state index in [0.717, 1.165) is 13.1 Å². The monoisotopic (exact) mass is 263 g/mol. The second-order valence-electron chi connectivity index (χ2n) is 4.51. The number of hydrogen-bond acceptors (Lipinski definition) is 6. The molecule has 0 aromatic carbocycles. The van der Waals surface area contributed by atoms with Gasteiger partial charge in [0.25, 0.3) is 0 Å². The summed E-state index contributed by atoms with van der Waals surface area (Å²) >= 11 is 0. The molecule has 1 aliphatic heterocycles. The topological polar surface area (TPSA) is 94.2 Å². The van der Waals surface area contributed by atoms with Crippen molar-refractivity contribution in [3.05, 3.63) is 11.8 Å². The maximum Gasteiger partial charge on any atom is 0.226 e. The molecule has 0 saturated carbocycles. The first-order valence-corrected chi connectivity index (χ1v) is 6.26. The van der Waals surface area contributed by atoms with Gasteiger partial charge in [-0.25, -0.2) is 0 Å². The molecular weight excluding hydrogens is 246 g/mol. The Morgan fingerprint density at radius 2 is 2.63 bits per heavy atom. The van der Waals surface area contributed by atoms with Crippen LogP contribution in [0.1, 0.15) is 12.2 Å². The lowest BCUT2D eigenvalue weighted by Crippen LogP contribution is -2.51. The van der Waals surface area contributed by atoms with Gasteiger partial charge in [-0.15, -0.1) is 0 Å². The molecule has 19 heavy (non-hydrogen) atoms. The molecule has 1 amide bonds. The van der Waals surface area contributed by atoms with Crippen LogP contribution in [0.4, 0.5) is 5.82 Å². The third-order valence-corrected chi connectivity index (χ3v) is 3.02. The maximum absolute atomic E-state index is 11.7. The van der Waals surface area contributed by atoms with Crippen LogP contribution in [0.15, 0.2) is 10.6 Å². The first-order valence-electron chi connectivity index (χ1n) is 6.26. The number of amides is 1. The van der Waals surface area contributed by atoms with Crippen molar-refractivity contribution in [1.82, 2.24) is 15.4 Å². The normalized spacial score (nSPS) is 19.9. The molecule has 1 saturated heterocycles. The van der Waals surface area contributed by atoms with Crippen LogP contribution in [0, 0.1) is 18.3 Å². The van der Waals surface area contributed by atoms with Crippen molar-refractivity contribution in [2.45, 2.75) is 19.4 Å². The fourth-order valence-electron chi connectivity index (χ4n) is 2.02. The van der Waals surface area contributed by atoms with Crippen molar-refractivity contribution in [3.63, 3.8) is 0 Å². The summed E-state index contributed by atoms with van der Waals surface area (Å²) in [5.74, 6) is 0.963. The molecule has 7 heteroatoms. The van der Waals surface area contributed by atoms with E-state index in [9.17, 15) is 4.79 Å². The van der Waals surface area contributed by atoms with E-state index in [4.69, 9.17) is 9.78 Å². The standard InChI is InChI=1S/C12H17N5O2/c1-9-6-11(16-19-9)15-12(18)2-4-17-5-3-14-8-10(17)7-13/h6,10,14H,2-5,8H2,1H3,(H,15,16,18). The summed E-state index contributed by atoms with van der Waals surface area (Å²) in [5, 5.41) is 18.5. The Balaban J connectivity index is 1.78. The van der Waals surface area contributed by atoms with Crippen LogP contribution in [0.5, 0.6) is 0 Å². The first-order chi connectivity index (χ1) is 9.19. The Labute approximate surface area is 111 Å². The zero-order chi connectivity index (χ0) is 13.7. The molecular formula is C12H17N5O2. The summed E-state index contributed by atoms with van der Waals surface area (Å²) in [5.41, 5.74) is 0. The minimum atomic E-state index is -0.157. The van der Waals surface area contributed by atoms with E-state index in [1.165, 1.54) is 0 Å². The summed E-state index contributed by atoms with van der Waals surface area (Å²) in [6.45, 7) is 4.63. The van der Waals surface area contributed by atoms with Gasteiger partial charge in [0.2, 0.25) is 5.91 Å². The molecule has 0 spiro atoms. The minimum Gasteiger partial charge on any atom is -0.360 e. The summed E-state index contributed by atoms with van der Waals surface area (Å²) in [7, 11) is 0. The Kier molecular flexibility index (Phi) is 4.49. The van der Waals surface area contributed by atoms with Gasteiger partial charge in [0.05, 0.1) is 6.07 Å². The minimum absolute atomic E-state index is 0.122. The molecule has 7 nitrogen and oxygen atoms in total. The molecule has 1 atom stereocenters. The number of anilines is 1. The lowest BCUT2D eigenvalue weighted by atomic mass is 10.2. The largest absolute Gasteiger partial charge is 0.360 e. The van der Waals surface area contributed by atoms with E-state index in [0.29, 0.717) is 31.1 Å². The van der Waals surface area contributed by atoms with Gasteiger partial charge < -0.3 is 15.2 Å². The molecule has 1 aromatic heterocycles. The molecule has 1 unspecified atom stereocenters. The fraction of sp³-hybridized carbons (Fsp3) is 0.583. The van der Waals surface area contributed by atoms with E-state index in [1.807, 2.05) is 4.90 Å². The molecule has 1 aliphatic rings. The number of aryl methyl sites for hydroxylation is 1.